The monoisotopic (exact) mass is 265 g/mol. The van der Waals surface area contributed by atoms with Crippen LogP contribution in [0, 0.1) is 0 Å². The minimum atomic E-state index is -2.42. The summed E-state index contributed by atoms with van der Waals surface area (Å²) in [5, 5.41) is 9.17. The second-order valence-electron chi connectivity index (χ2n) is 2.94. The Labute approximate surface area is 88.9 Å². The summed E-state index contributed by atoms with van der Waals surface area (Å²) in [5.41, 5.74) is 6.11. The molecule has 2 nitrogen and oxygen atoms in total. The average Bonchev–Trinajstić information content (AvgIpc) is 2.08. The Morgan fingerprint density at radius 1 is 1.43 bits per heavy atom. The van der Waals surface area contributed by atoms with Gasteiger partial charge in [-0.15, -0.1) is 0 Å². The van der Waals surface area contributed by atoms with Crippen molar-refractivity contribution in [3.8, 4) is 5.75 Å². The molecule has 0 unspecified atom stereocenters. The molecule has 1 rings (SSSR count). The summed E-state index contributed by atoms with van der Waals surface area (Å²) in [6, 6.07) is 3.80. The van der Waals surface area contributed by atoms with Gasteiger partial charge in [-0.3, -0.25) is 0 Å². The summed E-state index contributed by atoms with van der Waals surface area (Å²) in [6.07, 6.45) is -2.80. The highest BCUT2D eigenvalue weighted by molar-refractivity contribution is 9.10. The second kappa shape index (κ2) is 4.70. The number of rotatable bonds is 3. The lowest BCUT2D eigenvalue weighted by molar-refractivity contribution is 0.128. The summed E-state index contributed by atoms with van der Waals surface area (Å²) in [6.45, 7) is 0. The van der Waals surface area contributed by atoms with Crippen LogP contribution in [0.1, 0.15) is 18.0 Å². The molecular weight excluding hydrogens is 256 g/mol. The number of aromatic hydroxyl groups is 1. The highest BCUT2D eigenvalue weighted by Crippen LogP contribution is 2.28. The van der Waals surface area contributed by atoms with E-state index in [2.05, 4.69) is 15.9 Å². The number of nitrogens with two attached hydrogens (primary N) is 1. The summed E-state index contributed by atoms with van der Waals surface area (Å²) in [4.78, 5) is 0. The first-order valence-corrected chi connectivity index (χ1v) is 4.82. The maximum Gasteiger partial charge on any atom is 0.240 e. The van der Waals surface area contributed by atoms with Crippen molar-refractivity contribution in [3.05, 3.63) is 28.2 Å². The van der Waals surface area contributed by atoms with Crippen LogP contribution in [0.5, 0.6) is 5.75 Å². The first-order chi connectivity index (χ1) is 6.50. The van der Waals surface area contributed by atoms with Crippen LogP contribution in [0.15, 0.2) is 22.7 Å². The third-order valence-corrected chi connectivity index (χ3v) is 2.47. The predicted molar refractivity (Wildman–Crippen MR) is 53.4 cm³/mol. The number of halogens is 3. The van der Waals surface area contributed by atoms with E-state index in [0.717, 1.165) is 0 Å². The van der Waals surface area contributed by atoms with E-state index in [0.29, 0.717) is 10.0 Å². The molecule has 0 aliphatic carbocycles. The number of alkyl halides is 2. The smallest absolute Gasteiger partial charge is 0.240 e. The Bertz CT molecular complexity index is 320. The molecule has 0 aromatic heterocycles. The molecule has 14 heavy (non-hydrogen) atoms. The van der Waals surface area contributed by atoms with Crippen molar-refractivity contribution in [1.82, 2.24) is 0 Å². The van der Waals surface area contributed by atoms with Gasteiger partial charge in [0.1, 0.15) is 5.75 Å². The Kier molecular flexibility index (Phi) is 3.83. The van der Waals surface area contributed by atoms with Crippen LogP contribution in [-0.2, 0) is 0 Å². The topological polar surface area (TPSA) is 46.2 Å². The first-order valence-electron chi connectivity index (χ1n) is 4.03. The highest BCUT2D eigenvalue weighted by Gasteiger charge is 2.13. The molecule has 0 saturated carbocycles. The van der Waals surface area contributed by atoms with Crippen LogP contribution in [0.2, 0.25) is 0 Å². The quantitative estimate of drug-likeness (QED) is 0.883. The zero-order chi connectivity index (χ0) is 10.7. The summed E-state index contributed by atoms with van der Waals surface area (Å²) in [7, 11) is 0. The second-order valence-corrected chi connectivity index (χ2v) is 3.80. The molecule has 0 aliphatic rings. The molecule has 5 heteroatoms. The van der Waals surface area contributed by atoms with Gasteiger partial charge in [-0.1, -0.05) is 6.07 Å². The van der Waals surface area contributed by atoms with Crippen LogP contribution >= 0.6 is 15.9 Å². The van der Waals surface area contributed by atoms with Crippen molar-refractivity contribution in [2.75, 3.05) is 0 Å². The third-order valence-electron chi connectivity index (χ3n) is 1.83. The Balaban J connectivity index is 2.80. The number of phenols is 1. The van der Waals surface area contributed by atoms with Gasteiger partial charge in [0.25, 0.3) is 0 Å². The SMILES string of the molecule is N[C@H](CC(F)F)c1ccc(O)c(Br)c1. The Morgan fingerprint density at radius 3 is 2.57 bits per heavy atom. The number of phenolic OH excluding ortho intramolecular Hbond substituents is 1. The maximum absolute atomic E-state index is 12.0. The van der Waals surface area contributed by atoms with Gasteiger partial charge in [0.05, 0.1) is 4.47 Å². The van der Waals surface area contributed by atoms with E-state index in [4.69, 9.17) is 5.73 Å². The van der Waals surface area contributed by atoms with Gasteiger partial charge in [-0.2, -0.15) is 0 Å². The molecule has 0 bridgehead atoms. The summed E-state index contributed by atoms with van der Waals surface area (Å²) in [5.74, 6) is 0.0676. The van der Waals surface area contributed by atoms with E-state index < -0.39 is 12.5 Å². The highest BCUT2D eigenvalue weighted by atomic mass is 79.9. The lowest BCUT2D eigenvalue weighted by Gasteiger charge is -2.11. The fourth-order valence-electron chi connectivity index (χ4n) is 1.08. The van der Waals surface area contributed by atoms with Gasteiger partial charge in [-0.05, 0) is 33.6 Å². The summed E-state index contributed by atoms with van der Waals surface area (Å²) >= 11 is 3.09. The molecule has 0 spiro atoms. The predicted octanol–water partition coefficient (Wildman–Crippen LogP) is 2.81. The van der Waals surface area contributed by atoms with Gasteiger partial charge < -0.3 is 10.8 Å². The maximum atomic E-state index is 12.0. The molecule has 0 fully saturated rings. The van der Waals surface area contributed by atoms with Gasteiger partial charge in [0.15, 0.2) is 0 Å². The van der Waals surface area contributed by atoms with Crippen molar-refractivity contribution in [1.29, 1.82) is 0 Å². The van der Waals surface area contributed by atoms with Crippen LogP contribution in [0.4, 0.5) is 8.78 Å². The molecule has 0 amide bonds. The fraction of sp³-hybridized carbons (Fsp3) is 0.333. The van der Waals surface area contributed by atoms with E-state index >= 15 is 0 Å². The van der Waals surface area contributed by atoms with Gasteiger partial charge in [0, 0.05) is 12.5 Å². The molecule has 78 valence electrons. The van der Waals surface area contributed by atoms with Crippen molar-refractivity contribution in [2.24, 2.45) is 5.73 Å². The van der Waals surface area contributed by atoms with E-state index in [1.807, 2.05) is 0 Å². The molecule has 0 saturated heterocycles. The lowest BCUT2D eigenvalue weighted by Crippen LogP contribution is -2.13. The summed E-state index contributed by atoms with van der Waals surface area (Å²) < 4.78 is 24.5. The third kappa shape index (κ3) is 2.92. The fourth-order valence-corrected chi connectivity index (χ4v) is 1.48. The van der Waals surface area contributed by atoms with Crippen molar-refractivity contribution in [3.63, 3.8) is 0 Å². The molecule has 1 aromatic carbocycles. The zero-order valence-electron chi connectivity index (χ0n) is 7.25. The van der Waals surface area contributed by atoms with Crippen molar-refractivity contribution in [2.45, 2.75) is 18.9 Å². The van der Waals surface area contributed by atoms with Gasteiger partial charge >= 0.3 is 0 Å². The van der Waals surface area contributed by atoms with Crippen LogP contribution in [-0.4, -0.2) is 11.5 Å². The largest absolute Gasteiger partial charge is 0.507 e. The normalized spacial score (nSPS) is 13.2. The van der Waals surface area contributed by atoms with E-state index in [1.54, 1.807) is 6.07 Å². The van der Waals surface area contributed by atoms with Gasteiger partial charge in [-0.25, -0.2) is 8.78 Å². The molecule has 3 N–H and O–H groups in total. The van der Waals surface area contributed by atoms with E-state index in [1.165, 1.54) is 12.1 Å². The Hall–Kier alpha value is -0.680. The van der Waals surface area contributed by atoms with Crippen LogP contribution in [0.3, 0.4) is 0 Å². The molecular formula is C9H10BrF2NO. The Morgan fingerprint density at radius 2 is 2.07 bits per heavy atom. The van der Waals surface area contributed by atoms with Crippen molar-refractivity contribution >= 4 is 15.9 Å². The van der Waals surface area contributed by atoms with Crippen LogP contribution < -0.4 is 5.73 Å². The molecule has 0 aliphatic heterocycles. The van der Waals surface area contributed by atoms with E-state index in [-0.39, 0.29) is 12.2 Å². The van der Waals surface area contributed by atoms with Gasteiger partial charge in [0.2, 0.25) is 6.43 Å². The number of benzene rings is 1. The lowest BCUT2D eigenvalue weighted by atomic mass is 10.1. The minimum absolute atomic E-state index is 0.0676. The number of hydrogen-bond donors (Lipinski definition) is 2. The molecule has 1 atom stereocenters. The zero-order valence-corrected chi connectivity index (χ0v) is 8.84. The minimum Gasteiger partial charge on any atom is -0.507 e. The molecule has 0 heterocycles. The molecule has 0 radical (unpaired) electrons. The van der Waals surface area contributed by atoms with Crippen LogP contribution in [0.25, 0.3) is 0 Å². The van der Waals surface area contributed by atoms with E-state index in [9.17, 15) is 13.9 Å². The van der Waals surface area contributed by atoms with Crippen molar-refractivity contribution < 1.29 is 13.9 Å². The number of hydrogen-bond acceptors (Lipinski definition) is 2. The standard InChI is InChI=1S/C9H10BrF2NO/c10-6-3-5(1-2-8(6)14)7(13)4-9(11)12/h1-3,7,9,14H,4,13H2/t7-/m1/s1. The average molecular weight is 266 g/mol. The molecule has 1 aromatic rings. The first kappa shape index (κ1) is 11.4.